The second kappa shape index (κ2) is 9.89. The standard InChI is InChI=1S/C23H23N3O3S2/c1-16-6-11-20(28-3)19(15-16)26-22(21-5-4-13-30-21)24-25-23(26)31-14-12-29-18-9-7-17(27-2)8-10-18/h4-11,13,15H,12,14H2,1-3H3. The van der Waals surface area contributed by atoms with E-state index in [1.165, 1.54) is 0 Å². The number of aromatic nitrogens is 3. The summed E-state index contributed by atoms with van der Waals surface area (Å²) in [6.07, 6.45) is 0. The van der Waals surface area contributed by atoms with Crippen LogP contribution in [0.1, 0.15) is 5.56 Å². The summed E-state index contributed by atoms with van der Waals surface area (Å²) in [5, 5.41) is 11.8. The van der Waals surface area contributed by atoms with Crippen LogP contribution in [0.4, 0.5) is 0 Å². The lowest BCUT2D eigenvalue weighted by Crippen LogP contribution is -2.05. The molecule has 8 heteroatoms. The van der Waals surface area contributed by atoms with Crippen LogP contribution >= 0.6 is 23.1 Å². The molecule has 2 aromatic carbocycles. The third-order valence-corrected chi connectivity index (χ3v) is 6.35. The highest BCUT2D eigenvalue weighted by Crippen LogP contribution is 2.34. The van der Waals surface area contributed by atoms with Gasteiger partial charge in [0.15, 0.2) is 11.0 Å². The predicted molar refractivity (Wildman–Crippen MR) is 125 cm³/mol. The van der Waals surface area contributed by atoms with Crippen LogP contribution in [0.2, 0.25) is 0 Å². The first-order valence-electron chi connectivity index (χ1n) is 9.73. The number of benzene rings is 2. The van der Waals surface area contributed by atoms with E-state index in [0.29, 0.717) is 6.61 Å². The van der Waals surface area contributed by atoms with Crippen LogP contribution in [0.3, 0.4) is 0 Å². The molecule has 0 N–H and O–H groups in total. The van der Waals surface area contributed by atoms with Crippen molar-refractivity contribution in [1.82, 2.24) is 14.8 Å². The lowest BCUT2D eigenvalue weighted by molar-refractivity contribution is 0.342. The lowest BCUT2D eigenvalue weighted by atomic mass is 10.2. The summed E-state index contributed by atoms with van der Waals surface area (Å²) in [5.41, 5.74) is 2.06. The predicted octanol–water partition coefficient (Wildman–Crippen LogP) is 5.49. The zero-order valence-corrected chi connectivity index (χ0v) is 19.2. The summed E-state index contributed by atoms with van der Waals surface area (Å²) in [4.78, 5) is 1.05. The van der Waals surface area contributed by atoms with Gasteiger partial charge in [-0.25, -0.2) is 0 Å². The van der Waals surface area contributed by atoms with E-state index in [0.717, 1.165) is 50.1 Å². The van der Waals surface area contributed by atoms with Crippen molar-refractivity contribution >= 4 is 23.1 Å². The summed E-state index contributed by atoms with van der Waals surface area (Å²) >= 11 is 3.24. The normalized spacial score (nSPS) is 10.8. The summed E-state index contributed by atoms with van der Waals surface area (Å²) in [7, 11) is 3.33. The summed E-state index contributed by atoms with van der Waals surface area (Å²) in [6, 6.07) is 17.7. The van der Waals surface area contributed by atoms with E-state index in [4.69, 9.17) is 14.2 Å². The number of thioether (sulfide) groups is 1. The largest absolute Gasteiger partial charge is 0.497 e. The van der Waals surface area contributed by atoms with Crippen molar-refractivity contribution in [2.75, 3.05) is 26.6 Å². The summed E-state index contributed by atoms with van der Waals surface area (Å²) in [5.74, 6) is 3.92. The van der Waals surface area contributed by atoms with Crippen LogP contribution in [0, 0.1) is 6.92 Å². The Hall–Kier alpha value is -2.97. The number of hydrogen-bond donors (Lipinski definition) is 0. The van der Waals surface area contributed by atoms with E-state index in [1.807, 2.05) is 47.8 Å². The third kappa shape index (κ3) is 4.86. The van der Waals surface area contributed by atoms with Crippen LogP contribution in [0.5, 0.6) is 17.2 Å². The van der Waals surface area contributed by atoms with E-state index in [9.17, 15) is 0 Å². The highest BCUT2D eigenvalue weighted by Gasteiger charge is 2.19. The monoisotopic (exact) mass is 453 g/mol. The zero-order chi connectivity index (χ0) is 21.6. The number of aryl methyl sites for hydroxylation is 1. The molecule has 0 aliphatic carbocycles. The van der Waals surface area contributed by atoms with Gasteiger partial charge in [0.1, 0.15) is 17.2 Å². The van der Waals surface area contributed by atoms with Gasteiger partial charge in [-0.3, -0.25) is 4.57 Å². The minimum atomic E-state index is 0.545. The van der Waals surface area contributed by atoms with Crippen LogP contribution in [-0.2, 0) is 0 Å². The molecular formula is C23H23N3O3S2. The molecule has 0 spiro atoms. The van der Waals surface area contributed by atoms with Crippen molar-refractivity contribution in [2.24, 2.45) is 0 Å². The van der Waals surface area contributed by atoms with Crippen molar-refractivity contribution < 1.29 is 14.2 Å². The van der Waals surface area contributed by atoms with Gasteiger partial charge in [-0.05, 0) is 60.3 Å². The molecule has 2 heterocycles. The van der Waals surface area contributed by atoms with E-state index >= 15 is 0 Å². The van der Waals surface area contributed by atoms with Crippen molar-refractivity contribution in [3.05, 3.63) is 65.5 Å². The Morgan fingerprint density at radius 3 is 2.48 bits per heavy atom. The summed E-state index contributed by atoms with van der Waals surface area (Å²) < 4.78 is 18.7. The maximum atomic E-state index is 5.86. The van der Waals surface area contributed by atoms with Crippen LogP contribution in [0.15, 0.2) is 65.1 Å². The van der Waals surface area contributed by atoms with Crippen molar-refractivity contribution in [2.45, 2.75) is 12.1 Å². The quantitative estimate of drug-likeness (QED) is 0.247. The van der Waals surface area contributed by atoms with E-state index in [1.54, 1.807) is 37.3 Å². The molecular weight excluding hydrogens is 430 g/mol. The smallest absolute Gasteiger partial charge is 0.196 e. The number of ether oxygens (including phenoxy) is 3. The fraction of sp³-hybridized carbons (Fsp3) is 0.217. The number of rotatable bonds is 9. The molecule has 0 atom stereocenters. The maximum absolute atomic E-state index is 5.86. The molecule has 4 aromatic rings. The average Bonchev–Trinajstić information content (AvgIpc) is 3.47. The molecule has 0 radical (unpaired) electrons. The highest BCUT2D eigenvalue weighted by molar-refractivity contribution is 7.99. The summed E-state index contributed by atoms with van der Waals surface area (Å²) in [6.45, 7) is 2.61. The van der Waals surface area contributed by atoms with Gasteiger partial charge >= 0.3 is 0 Å². The van der Waals surface area contributed by atoms with Gasteiger partial charge < -0.3 is 14.2 Å². The van der Waals surface area contributed by atoms with E-state index in [2.05, 4.69) is 33.8 Å². The Labute approximate surface area is 189 Å². The molecule has 6 nitrogen and oxygen atoms in total. The van der Waals surface area contributed by atoms with Crippen molar-refractivity contribution in [3.63, 3.8) is 0 Å². The Balaban J connectivity index is 1.56. The molecule has 4 rings (SSSR count). The molecule has 2 aromatic heterocycles. The molecule has 0 amide bonds. The fourth-order valence-electron chi connectivity index (χ4n) is 3.09. The third-order valence-electron chi connectivity index (χ3n) is 4.59. The molecule has 0 aliphatic rings. The molecule has 31 heavy (non-hydrogen) atoms. The SMILES string of the molecule is COc1ccc(OCCSc2nnc(-c3cccs3)n2-c2cc(C)ccc2OC)cc1. The highest BCUT2D eigenvalue weighted by atomic mass is 32.2. The van der Waals surface area contributed by atoms with Gasteiger partial charge in [0, 0.05) is 5.75 Å². The first-order valence-corrected chi connectivity index (χ1v) is 11.6. The Bertz CT molecular complexity index is 1130. The van der Waals surface area contributed by atoms with Crippen LogP contribution in [-0.4, -0.2) is 41.3 Å². The lowest BCUT2D eigenvalue weighted by Gasteiger charge is -2.14. The van der Waals surface area contributed by atoms with Crippen LogP contribution in [0.25, 0.3) is 16.4 Å². The molecule has 0 saturated carbocycles. The molecule has 0 saturated heterocycles. The number of nitrogens with zero attached hydrogens (tertiary/aromatic N) is 3. The van der Waals surface area contributed by atoms with Gasteiger partial charge in [-0.2, -0.15) is 0 Å². The van der Waals surface area contributed by atoms with Crippen molar-refractivity contribution in [3.8, 4) is 33.6 Å². The molecule has 0 unspecified atom stereocenters. The van der Waals surface area contributed by atoms with Crippen LogP contribution < -0.4 is 14.2 Å². The number of thiophene rings is 1. The Morgan fingerprint density at radius 2 is 1.77 bits per heavy atom. The second-order valence-corrected chi connectivity index (χ2v) is 8.68. The zero-order valence-electron chi connectivity index (χ0n) is 17.6. The topological polar surface area (TPSA) is 58.4 Å². The minimum Gasteiger partial charge on any atom is -0.497 e. The molecule has 160 valence electrons. The van der Waals surface area contributed by atoms with Crippen molar-refractivity contribution in [1.29, 1.82) is 0 Å². The van der Waals surface area contributed by atoms with Gasteiger partial charge in [0.05, 0.1) is 31.4 Å². The van der Waals surface area contributed by atoms with E-state index < -0.39 is 0 Å². The van der Waals surface area contributed by atoms with Gasteiger partial charge in [-0.1, -0.05) is 23.9 Å². The first kappa shape index (κ1) is 21.3. The minimum absolute atomic E-state index is 0.545. The van der Waals surface area contributed by atoms with E-state index in [-0.39, 0.29) is 0 Å². The average molecular weight is 454 g/mol. The maximum Gasteiger partial charge on any atom is 0.196 e. The van der Waals surface area contributed by atoms with Gasteiger partial charge in [0.2, 0.25) is 0 Å². The Morgan fingerprint density at radius 1 is 0.968 bits per heavy atom. The number of hydrogen-bond acceptors (Lipinski definition) is 7. The second-order valence-electron chi connectivity index (χ2n) is 6.67. The molecule has 0 fully saturated rings. The van der Waals surface area contributed by atoms with Gasteiger partial charge in [-0.15, -0.1) is 21.5 Å². The fourth-order valence-corrected chi connectivity index (χ4v) is 4.55. The van der Waals surface area contributed by atoms with Gasteiger partial charge in [0.25, 0.3) is 0 Å². The molecule has 0 aliphatic heterocycles. The molecule has 0 bridgehead atoms. The number of methoxy groups -OCH3 is 2. The Kier molecular flexibility index (Phi) is 6.79. The first-order chi connectivity index (χ1) is 15.2.